The summed E-state index contributed by atoms with van der Waals surface area (Å²) >= 11 is 0. The first kappa shape index (κ1) is 11.6. The number of nitrogens with one attached hydrogen (secondary N) is 1. The van der Waals surface area contributed by atoms with E-state index in [1.165, 1.54) is 0 Å². The quantitative estimate of drug-likeness (QED) is 0.692. The van der Waals surface area contributed by atoms with Crippen molar-refractivity contribution in [1.82, 2.24) is 4.98 Å². The van der Waals surface area contributed by atoms with Crippen LogP contribution in [0.5, 0.6) is 0 Å². The van der Waals surface area contributed by atoms with Crippen LogP contribution in [0.25, 0.3) is 0 Å². The highest BCUT2D eigenvalue weighted by atomic mass is 16.5. The molecule has 5 N–H and O–H groups in total. The molecule has 5 heteroatoms. The fourth-order valence-corrected chi connectivity index (χ4v) is 1.30. The van der Waals surface area contributed by atoms with Gasteiger partial charge in [0.15, 0.2) is 0 Å². The molecule has 84 valence electrons. The van der Waals surface area contributed by atoms with E-state index in [0.717, 1.165) is 0 Å². The molecule has 0 atom stereocenters. The molecule has 0 fully saturated rings. The Morgan fingerprint density at radius 1 is 1.40 bits per heavy atom. The summed E-state index contributed by atoms with van der Waals surface area (Å²) in [6.07, 6.45) is 0. The number of rotatable bonds is 4. The molecule has 0 aliphatic heterocycles. The fourth-order valence-electron chi connectivity index (χ4n) is 1.30. The van der Waals surface area contributed by atoms with Gasteiger partial charge in [-0.1, -0.05) is 0 Å². The fraction of sp³-hybridized carbons (Fsp3) is 0.500. The summed E-state index contributed by atoms with van der Waals surface area (Å²) < 4.78 is 5.09. The molecular weight excluding hydrogens is 192 g/mol. The van der Waals surface area contributed by atoms with Crippen LogP contribution in [0.4, 0.5) is 17.3 Å². The van der Waals surface area contributed by atoms with E-state index in [9.17, 15) is 0 Å². The van der Waals surface area contributed by atoms with Crippen molar-refractivity contribution in [3.63, 3.8) is 0 Å². The Morgan fingerprint density at radius 2 is 2.07 bits per heavy atom. The van der Waals surface area contributed by atoms with Crippen LogP contribution in [0.15, 0.2) is 12.1 Å². The molecule has 1 aromatic heterocycles. The van der Waals surface area contributed by atoms with Gasteiger partial charge in [0.1, 0.15) is 11.6 Å². The predicted molar refractivity (Wildman–Crippen MR) is 62.6 cm³/mol. The molecule has 0 amide bonds. The van der Waals surface area contributed by atoms with Gasteiger partial charge in [0.2, 0.25) is 0 Å². The zero-order valence-electron chi connectivity index (χ0n) is 9.37. The number of methoxy groups -OCH3 is 1. The molecule has 1 rings (SSSR count). The standard InChI is InChI=1S/C10H18N4O/c1-10(2,6-15-3)14-8-5-4-7(11)9(12)13-8/h4-5H,6,11H2,1-3H3,(H3,12,13,14). The van der Waals surface area contributed by atoms with E-state index < -0.39 is 0 Å². The number of nitrogen functional groups attached to an aromatic ring is 2. The van der Waals surface area contributed by atoms with E-state index >= 15 is 0 Å². The van der Waals surface area contributed by atoms with Gasteiger partial charge in [-0.15, -0.1) is 0 Å². The summed E-state index contributed by atoms with van der Waals surface area (Å²) in [7, 11) is 1.66. The van der Waals surface area contributed by atoms with Gasteiger partial charge in [-0.3, -0.25) is 0 Å². The first-order valence-electron chi connectivity index (χ1n) is 4.74. The van der Waals surface area contributed by atoms with Crippen molar-refractivity contribution >= 4 is 17.3 Å². The zero-order valence-corrected chi connectivity index (χ0v) is 9.37. The molecule has 0 saturated carbocycles. The van der Waals surface area contributed by atoms with E-state index in [1.54, 1.807) is 19.2 Å². The molecule has 0 aliphatic rings. The number of hydrogen-bond donors (Lipinski definition) is 3. The minimum Gasteiger partial charge on any atom is -0.396 e. The highest BCUT2D eigenvalue weighted by Crippen LogP contribution is 2.18. The molecule has 0 radical (unpaired) electrons. The Labute approximate surface area is 89.8 Å². The minimum atomic E-state index is -0.190. The molecule has 0 unspecified atom stereocenters. The van der Waals surface area contributed by atoms with Crippen LogP contribution < -0.4 is 16.8 Å². The van der Waals surface area contributed by atoms with Gasteiger partial charge in [0, 0.05) is 7.11 Å². The highest BCUT2D eigenvalue weighted by Gasteiger charge is 2.17. The maximum Gasteiger partial charge on any atom is 0.149 e. The molecule has 15 heavy (non-hydrogen) atoms. The average Bonchev–Trinajstić information content (AvgIpc) is 2.10. The molecule has 0 aliphatic carbocycles. The van der Waals surface area contributed by atoms with Crippen molar-refractivity contribution < 1.29 is 4.74 Å². The van der Waals surface area contributed by atoms with Gasteiger partial charge in [-0.25, -0.2) is 4.98 Å². The van der Waals surface area contributed by atoms with Crippen LogP contribution in [0, 0.1) is 0 Å². The van der Waals surface area contributed by atoms with E-state index in [4.69, 9.17) is 16.2 Å². The van der Waals surface area contributed by atoms with Crippen molar-refractivity contribution in [2.24, 2.45) is 0 Å². The third-order valence-corrected chi connectivity index (χ3v) is 1.93. The number of pyridine rings is 1. The number of aromatic nitrogens is 1. The van der Waals surface area contributed by atoms with Gasteiger partial charge >= 0.3 is 0 Å². The minimum absolute atomic E-state index is 0.190. The summed E-state index contributed by atoms with van der Waals surface area (Å²) in [5.74, 6) is 1.04. The SMILES string of the molecule is COCC(C)(C)Nc1ccc(N)c(N)n1. The third-order valence-electron chi connectivity index (χ3n) is 1.93. The van der Waals surface area contributed by atoms with Crippen LogP contribution >= 0.6 is 0 Å². The smallest absolute Gasteiger partial charge is 0.149 e. The lowest BCUT2D eigenvalue weighted by molar-refractivity contribution is 0.158. The molecule has 0 bridgehead atoms. The van der Waals surface area contributed by atoms with Crippen molar-refractivity contribution in [3.8, 4) is 0 Å². The third kappa shape index (κ3) is 3.28. The Morgan fingerprint density at radius 3 is 2.60 bits per heavy atom. The molecule has 5 nitrogen and oxygen atoms in total. The topological polar surface area (TPSA) is 86.2 Å². The second-order valence-corrected chi connectivity index (χ2v) is 4.11. The highest BCUT2D eigenvalue weighted by molar-refractivity contribution is 5.61. The maximum atomic E-state index is 5.61. The van der Waals surface area contributed by atoms with Crippen LogP contribution in [0.3, 0.4) is 0 Å². The maximum absolute atomic E-state index is 5.61. The van der Waals surface area contributed by atoms with Gasteiger partial charge in [-0.05, 0) is 26.0 Å². The van der Waals surface area contributed by atoms with Gasteiger partial charge in [-0.2, -0.15) is 0 Å². The number of nitrogens with zero attached hydrogens (tertiary/aromatic N) is 1. The summed E-state index contributed by atoms with van der Waals surface area (Å²) in [5, 5.41) is 3.22. The Hall–Kier alpha value is -1.49. The first-order valence-corrected chi connectivity index (χ1v) is 4.74. The predicted octanol–water partition coefficient (Wildman–Crippen LogP) is 1.08. The van der Waals surface area contributed by atoms with Crippen molar-refractivity contribution in [3.05, 3.63) is 12.1 Å². The van der Waals surface area contributed by atoms with Crippen LogP contribution in [-0.4, -0.2) is 24.2 Å². The summed E-state index contributed by atoms with van der Waals surface area (Å²) in [6.45, 7) is 4.62. The molecular formula is C10H18N4O. The van der Waals surface area contributed by atoms with Crippen molar-refractivity contribution in [1.29, 1.82) is 0 Å². The summed E-state index contributed by atoms with van der Waals surface area (Å²) in [5.41, 5.74) is 11.5. The summed E-state index contributed by atoms with van der Waals surface area (Å²) in [6, 6.07) is 3.52. The van der Waals surface area contributed by atoms with Gasteiger partial charge in [0.25, 0.3) is 0 Å². The monoisotopic (exact) mass is 210 g/mol. The van der Waals surface area contributed by atoms with Crippen LogP contribution in [-0.2, 0) is 4.74 Å². The molecule has 0 aromatic carbocycles. The van der Waals surface area contributed by atoms with Crippen LogP contribution in [0.1, 0.15) is 13.8 Å². The van der Waals surface area contributed by atoms with E-state index in [0.29, 0.717) is 23.9 Å². The lowest BCUT2D eigenvalue weighted by atomic mass is 10.1. The van der Waals surface area contributed by atoms with Gasteiger partial charge < -0.3 is 21.5 Å². The zero-order chi connectivity index (χ0) is 11.5. The molecule has 1 heterocycles. The number of anilines is 3. The number of hydrogen-bond acceptors (Lipinski definition) is 5. The normalized spacial score (nSPS) is 11.4. The van der Waals surface area contributed by atoms with Crippen molar-refractivity contribution in [2.45, 2.75) is 19.4 Å². The second-order valence-electron chi connectivity index (χ2n) is 4.11. The number of ether oxygens (including phenoxy) is 1. The largest absolute Gasteiger partial charge is 0.396 e. The van der Waals surface area contributed by atoms with Gasteiger partial charge in [0.05, 0.1) is 17.8 Å². The Bertz CT molecular complexity index is 338. The lowest BCUT2D eigenvalue weighted by Crippen LogP contribution is -2.36. The first-order chi connectivity index (χ1) is 6.94. The number of nitrogens with two attached hydrogens (primary N) is 2. The Balaban J connectivity index is 2.76. The summed E-state index contributed by atoms with van der Waals surface area (Å²) in [4.78, 5) is 4.13. The van der Waals surface area contributed by atoms with E-state index in [1.807, 2.05) is 13.8 Å². The molecule has 0 saturated heterocycles. The average molecular weight is 210 g/mol. The molecule has 1 aromatic rings. The van der Waals surface area contributed by atoms with E-state index in [-0.39, 0.29) is 5.54 Å². The van der Waals surface area contributed by atoms with Crippen molar-refractivity contribution in [2.75, 3.05) is 30.5 Å². The van der Waals surface area contributed by atoms with Crippen LogP contribution in [0.2, 0.25) is 0 Å². The lowest BCUT2D eigenvalue weighted by Gasteiger charge is -2.26. The molecule has 0 spiro atoms. The van der Waals surface area contributed by atoms with E-state index in [2.05, 4.69) is 10.3 Å². The second kappa shape index (κ2) is 4.35. The Kier molecular flexibility index (Phi) is 3.36.